The number of anilines is 3. The Labute approximate surface area is 149 Å². The van der Waals surface area contributed by atoms with Crippen LogP contribution < -0.4 is 10.0 Å². The molecule has 0 atom stereocenters. The number of nitrogens with zero attached hydrogens (tertiary/aromatic N) is 3. The standard InChI is InChI=1S/C17H14N6O2S/c1-2-26(24,25)23-16-8-13-15(9-19-16)20-10-21-17(13)22-12-3-4-14-11(7-12)5-6-18-14/h2-10,18H,1H2,(H,19,23)(H,20,21,22). The molecule has 26 heavy (non-hydrogen) atoms. The summed E-state index contributed by atoms with van der Waals surface area (Å²) in [5, 5.41) is 5.77. The van der Waals surface area contributed by atoms with E-state index in [-0.39, 0.29) is 5.82 Å². The smallest absolute Gasteiger partial charge is 0.255 e. The number of rotatable bonds is 5. The molecule has 0 saturated heterocycles. The average Bonchev–Trinajstić information content (AvgIpc) is 3.10. The first-order valence-electron chi connectivity index (χ1n) is 7.64. The van der Waals surface area contributed by atoms with Gasteiger partial charge in [0.25, 0.3) is 10.0 Å². The number of pyridine rings is 1. The molecule has 0 aliphatic heterocycles. The highest BCUT2D eigenvalue weighted by atomic mass is 32.2. The zero-order valence-corrected chi connectivity index (χ0v) is 14.3. The molecule has 0 spiro atoms. The molecule has 0 radical (unpaired) electrons. The summed E-state index contributed by atoms with van der Waals surface area (Å²) in [6, 6.07) is 9.43. The number of nitrogens with one attached hydrogen (secondary N) is 3. The van der Waals surface area contributed by atoms with Gasteiger partial charge in [0, 0.05) is 33.6 Å². The summed E-state index contributed by atoms with van der Waals surface area (Å²) >= 11 is 0. The molecular weight excluding hydrogens is 352 g/mol. The van der Waals surface area contributed by atoms with Gasteiger partial charge in [0.2, 0.25) is 0 Å². The summed E-state index contributed by atoms with van der Waals surface area (Å²) in [6.45, 7) is 3.27. The SMILES string of the molecule is C=CS(=O)(=O)Nc1cc2c(Nc3ccc4[nH]ccc4c3)ncnc2cn1. The van der Waals surface area contributed by atoms with E-state index in [4.69, 9.17) is 0 Å². The van der Waals surface area contributed by atoms with Gasteiger partial charge in [0.05, 0.1) is 11.7 Å². The van der Waals surface area contributed by atoms with Gasteiger partial charge in [-0.25, -0.2) is 23.4 Å². The average molecular weight is 366 g/mol. The minimum atomic E-state index is -3.64. The lowest BCUT2D eigenvalue weighted by atomic mass is 10.2. The van der Waals surface area contributed by atoms with Crippen molar-refractivity contribution in [1.29, 1.82) is 0 Å². The molecule has 1 aromatic carbocycles. The zero-order valence-electron chi connectivity index (χ0n) is 13.5. The maximum Gasteiger partial charge on any atom is 0.255 e. The van der Waals surface area contributed by atoms with Gasteiger partial charge in [-0.2, -0.15) is 0 Å². The zero-order chi connectivity index (χ0) is 18.1. The van der Waals surface area contributed by atoms with Crippen LogP contribution in [0.5, 0.6) is 0 Å². The molecule has 9 heteroatoms. The predicted octanol–water partition coefficient (Wildman–Crippen LogP) is 3.13. The van der Waals surface area contributed by atoms with Crippen LogP contribution in [-0.2, 0) is 10.0 Å². The number of hydrogen-bond donors (Lipinski definition) is 3. The maximum atomic E-state index is 11.7. The molecule has 0 amide bonds. The second-order valence-electron chi connectivity index (χ2n) is 5.53. The third-order valence-electron chi connectivity index (χ3n) is 3.80. The highest BCUT2D eigenvalue weighted by Gasteiger charge is 2.10. The van der Waals surface area contributed by atoms with Crippen LogP contribution in [0, 0.1) is 0 Å². The molecule has 3 heterocycles. The summed E-state index contributed by atoms with van der Waals surface area (Å²) in [5.74, 6) is 0.711. The minimum absolute atomic E-state index is 0.163. The fourth-order valence-corrected chi connectivity index (χ4v) is 3.06. The Morgan fingerprint density at radius 3 is 2.85 bits per heavy atom. The van der Waals surface area contributed by atoms with E-state index in [9.17, 15) is 8.42 Å². The van der Waals surface area contributed by atoms with Crippen molar-refractivity contribution < 1.29 is 8.42 Å². The quantitative estimate of drug-likeness (QED) is 0.500. The monoisotopic (exact) mass is 366 g/mol. The van der Waals surface area contributed by atoms with Crippen molar-refractivity contribution in [3.05, 3.63) is 61.0 Å². The van der Waals surface area contributed by atoms with Crippen molar-refractivity contribution in [2.45, 2.75) is 0 Å². The Bertz CT molecular complexity index is 1230. The molecule has 0 unspecified atom stereocenters. The van der Waals surface area contributed by atoms with Crippen molar-refractivity contribution in [3.8, 4) is 0 Å². The molecule has 130 valence electrons. The van der Waals surface area contributed by atoms with Crippen LogP contribution in [-0.4, -0.2) is 28.4 Å². The van der Waals surface area contributed by atoms with E-state index in [1.165, 1.54) is 12.5 Å². The van der Waals surface area contributed by atoms with Crippen molar-refractivity contribution in [2.75, 3.05) is 10.0 Å². The van der Waals surface area contributed by atoms with Crippen LogP contribution in [0.3, 0.4) is 0 Å². The van der Waals surface area contributed by atoms with Crippen LogP contribution in [0.4, 0.5) is 17.3 Å². The van der Waals surface area contributed by atoms with E-state index >= 15 is 0 Å². The fourth-order valence-electron chi connectivity index (χ4n) is 2.57. The number of hydrogen-bond acceptors (Lipinski definition) is 6. The molecule has 4 rings (SSSR count). The highest BCUT2D eigenvalue weighted by Crippen LogP contribution is 2.26. The normalized spacial score (nSPS) is 11.5. The third kappa shape index (κ3) is 3.07. The third-order valence-corrected chi connectivity index (χ3v) is 4.74. The van der Waals surface area contributed by atoms with Gasteiger partial charge in [-0.05, 0) is 30.3 Å². The topological polar surface area (TPSA) is 113 Å². The summed E-state index contributed by atoms with van der Waals surface area (Å²) in [6.07, 6.45) is 4.78. The highest BCUT2D eigenvalue weighted by molar-refractivity contribution is 7.95. The van der Waals surface area contributed by atoms with E-state index < -0.39 is 10.0 Å². The molecular formula is C17H14N6O2S. The van der Waals surface area contributed by atoms with Gasteiger partial charge < -0.3 is 10.3 Å². The number of benzene rings is 1. The lowest BCUT2D eigenvalue weighted by molar-refractivity contribution is 0.609. The molecule has 3 N–H and O–H groups in total. The van der Waals surface area contributed by atoms with E-state index in [2.05, 4.69) is 36.6 Å². The van der Waals surface area contributed by atoms with E-state index in [0.29, 0.717) is 16.7 Å². The van der Waals surface area contributed by atoms with Gasteiger partial charge in [0.15, 0.2) is 0 Å². The molecule has 8 nitrogen and oxygen atoms in total. The lowest BCUT2D eigenvalue weighted by Crippen LogP contribution is -2.09. The van der Waals surface area contributed by atoms with Crippen LogP contribution in [0.25, 0.3) is 21.8 Å². The van der Waals surface area contributed by atoms with Crippen molar-refractivity contribution in [1.82, 2.24) is 19.9 Å². The Kier molecular flexibility index (Phi) is 3.77. The largest absolute Gasteiger partial charge is 0.361 e. The molecule has 0 saturated carbocycles. The molecule has 0 fully saturated rings. The Morgan fingerprint density at radius 2 is 2.00 bits per heavy atom. The van der Waals surface area contributed by atoms with Crippen LogP contribution in [0.1, 0.15) is 0 Å². The second kappa shape index (κ2) is 6.12. The molecule has 4 aromatic rings. The van der Waals surface area contributed by atoms with Gasteiger partial charge in [0.1, 0.15) is 18.0 Å². The summed E-state index contributed by atoms with van der Waals surface area (Å²) in [5.41, 5.74) is 2.47. The van der Waals surface area contributed by atoms with Crippen molar-refractivity contribution >= 4 is 49.2 Å². The second-order valence-corrected chi connectivity index (χ2v) is 7.15. The predicted molar refractivity (Wildman–Crippen MR) is 102 cm³/mol. The fraction of sp³-hybridized carbons (Fsp3) is 0. The number of aromatic amines is 1. The lowest BCUT2D eigenvalue weighted by Gasteiger charge is -2.10. The van der Waals surface area contributed by atoms with E-state index in [1.807, 2.05) is 30.5 Å². The number of sulfonamides is 1. The van der Waals surface area contributed by atoms with Crippen molar-refractivity contribution in [2.24, 2.45) is 0 Å². The van der Waals surface area contributed by atoms with Gasteiger partial charge in [-0.3, -0.25) is 4.72 Å². The molecule has 0 bridgehead atoms. The first-order valence-corrected chi connectivity index (χ1v) is 9.19. The summed E-state index contributed by atoms with van der Waals surface area (Å²) < 4.78 is 25.6. The van der Waals surface area contributed by atoms with Crippen LogP contribution >= 0.6 is 0 Å². The van der Waals surface area contributed by atoms with Gasteiger partial charge >= 0.3 is 0 Å². The minimum Gasteiger partial charge on any atom is -0.361 e. The van der Waals surface area contributed by atoms with Crippen LogP contribution in [0.2, 0.25) is 0 Å². The Morgan fingerprint density at radius 1 is 1.12 bits per heavy atom. The van der Waals surface area contributed by atoms with Gasteiger partial charge in [-0.1, -0.05) is 6.58 Å². The van der Waals surface area contributed by atoms with Gasteiger partial charge in [-0.15, -0.1) is 0 Å². The summed E-state index contributed by atoms with van der Waals surface area (Å²) in [7, 11) is -3.64. The van der Waals surface area contributed by atoms with Crippen LogP contribution in [0.15, 0.2) is 61.0 Å². The first kappa shape index (κ1) is 16.0. The molecule has 0 aliphatic carbocycles. The maximum absolute atomic E-state index is 11.7. The molecule has 0 aliphatic rings. The first-order chi connectivity index (χ1) is 12.5. The summed E-state index contributed by atoms with van der Waals surface area (Å²) in [4.78, 5) is 15.6. The number of H-pyrrole nitrogens is 1. The molecule has 3 aromatic heterocycles. The number of aromatic nitrogens is 4. The Hall–Kier alpha value is -3.46. The van der Waals surface area contributed by atoms with Crippen molar-refractivity contribution in [3.63, 3.8) is 0 Å². The van der Waals surface area contributed by atoms with E-state index in [0.717, 1.165) is 22.0 Å². The number of fused-ring (bicyclic) bond motifs is 2. The Balaban J connectivity index is 1.74. The van der Waals surface area contributed by atoms with E-state index in [1.54, 1.807) is 6.07 Å².